The Labute approximate surface area is 186 Å². The Bertz CT molecular complexity index is 1460. The lowest BCUT2D eigenvalue weighted by Crippen LogP contribution is -2.13. The van der Waals surface area contributed by atoms with Crippen molar-refractivity contribution in [1.82, 2.24) is 9.38 Å². The number of carbonyl (C=O) groups excluding carboxylic acids is 1. The molecule has 0 radical (unpaired) electrons. The Hall–Kier alpha value is -4.12. The summed E-state index contributed by atoms with van der Waals surface area (Å²) in [6.45, 7) is 4.06. The Morgan fingerprint density at radius 2 is 1.59 bits per heavy atom. The Morgan fingerprint density at radius 3 is 2.25 bits per heavy atom. The van der Waals surface area contributed by atoms with Gasteiger partial charge in [0, 0.05) is 21.9 Å². The Balaban J connectivity index is 1.99. The van der Waals surface area contributed by atoms with Gasteiger partial charge in [0.05, 0.1) is 18.0 Å². The molecule has 3 aromatic carbocycles. The van der Waals surface area contributed by atoms with Crippen LogP contribution in [0.3, 0.4) is 0 Å². The SMILES string of the molecule is CCOC(=O)c1c(N)n2c(-c3ccccc3)c(-c3ccccc3)nc2c2ccc(C)cc12. The fraction of sp³-hybridized carbons (Fsp3) is 0.111. The largest absolute Gasteiger partial charge is 0.462 e. The van der Waals surface area contributed by atoms with Crippen LogP contribution in [0.5, 0.6) is 0 Å². The van der Waals surface area contributed by atoms with Gasteiger partial charge in [-0.2, -0.15) is 0 Å². The first-order chi connectivity index (χ1) is 15.6. The molecule has 32 heavy (non-hydrogen) atoms. The van der Waals surface area contributed by atoms with Crippen LogP contribution in [0.4, 0.5) is 5.82 Å². The minimum absolute atomic E-state index is 0.272. The fourth-order valence-corrected chi connectivity index (χ4v) is 4.22. The maximum atomic E-state index is 13.0. The number of nitrogens with two attached hydrogens (primary N) is 1. The molecule has 5 rings (SSSR count). The number of ether oxygens (including phenoxy) is 1. The van der Waals surface area contributed by atoms with Crippen LogP contribution in [0.2, 0.25) is 0 Å². The molecular formula is C27H23N3O2. The zero-order valence-corrected chi connectivity index (χ0v) is 18.0. The number of rotatable bonds is 4. The third kappa shape index (κ3) is 3.10. The Morgan fingerprint density at radius 1 is 0.938 bits per heavy atom. The predicted molar refractivity (Wildman–Crippen MR) is 129 cm³/mol. The van der Waals surface area contributed by atoms with Crippen molar-refractivity contribution in [2.24, 2.45) is 0 Å². The summed E-state index contributed by atoms with van der Waals surface area (Å²) in [5, 5.41) is 1.60. The number of imidazole rings is 1. The molecule has 2 N–H and O–H groups in total. The number of aryl methyl sites for hydroxylation is 1. The van der Waals surface area contributed by atoms with Crippen molar-refractivity contribution in [2.45, 2.75) is 13.8 Å². The van der Waals surface area contributed by atoms with Crippen molar-refractivity contribution in [1.29, 1.82) is 0 Å². The van der Waals surface area contributed by atoms with Gasteiger partial charge in [-0.15, -0.1) is 0 Å². The van der Waals surface area contributed by atoms with Gasteiger partial charge in [0.2, 0.25) is 0 Å². The van der Waals surface area contributed by atoms with E-state index in [1.54, 1.807) is 6.92 Å². The van der Waals surface area contributed by atoms with Gasteiger partial charge in [0.25, 0.3) is 0 Å². The van der Waals surface area contributed by atoms with Crippen LogP contribution < -0.4 is 5.73 Å². The molecule has 0 aliphatic rings. The van der Waals surface area contributed by atoms with Gasteiger partial charge >= 0.3 is 5.97 Å². The van der Waals surface area contributed by atoms with Crippen LogP contribution in [-0.2, 0) is 4.74 Å². The van der Waals surface area contributed by atoms with Crippen LogP contribution in [0, 0.1) is 6.92 Å². The van der Waals surface area contributed by atoms with E-state index in [0.29, 0.717) is 17.0 Å². The fourth-order valence-electron chi connectivity index (χ4n) is 4.22. The summed E-state index contributed by atoms with van der Waals surface area (Å²) < 4.78 is 7.28. The van der Waals surface area contributed by atoms with Gasteiger partial charge in [-0.3, -0.25) is 4.40 Å². The molecule has 0 fully saturated rings. The monoisotopic (exact) mass is 421 g/mol. The lowest BCUT2D eigenvalue weighted by atomic mass is 10.0. The predicted octanol–water partition coefficient (Wildman–Crippen LogP) is 5.89. The lowest BCUT2D eigenvalue weighted by Gasteiger charge is -2.15. The van der Waals surface area contributed by atoms with Crippen LogP contribution in [0.1, 0.15) is 22.8 Å². The van der Waals surface area contributed by atoms with Crippen LogP contribution in [0.15, 0.2) is 78.9 Å². The maximum absolute atomic E-state index is 13.0. The number of benzene rings is 3. The van der Waals surface area contributed by atoms with Gasteiger partial charge in [-0.1, -0.05) is 84.4 Å². The zero-order chi connectivity index (χ0) is 22.2. The first-order valence-electron chi connectivity index (χ1n) is 10.6. The Kier molecular flexibility index (Phi) is 4.86. The van der Waals surface area contributed by atoms with E-state index in [0.717, 1.165) is 38.9 Å². The molecule has 0 aliphatic carbocycles. The third-order valence-electron chi connectivity index (χ3n) is 5.63. The molecule has 5 aromatic rings. The molecule has 158 valence electrons. The van der Waals surface area contributed by atoms with Gasteiger partial charge in [-0.25, -0.2) is 9.78 Å². The van der Waals surface area contributed by atoms with Crippen LogP contribution >= 0.6 is 0 Å². The first kappa shape index (κ1) is 19.8. The van der Waals surface area contributed by atoms with Crippen molar-refractivity contribution in [2.75, 3.05) is 12.3 Å². The zero-order valence-electron chi connectivity index (χ0n) is 18.0. The lowest BCUT2D eigenvalue weighted by molar-refractivity contribution is 0.0529. The summed E-state index contributed by atoms with van der Waals surface area (Å²) in [7, 11) is 0. The van der Waals surface area contributed by atoms with E-state index in [2.05, 4.69) is 0 Å². The number of nitrogens with zero attached hydrogens (tertiary/aromatic N) is 2. The van der Waals surface area contributed by atoms with E-state index in [9.17, 15) is 4.79 Å². The number of hydrogen-bond acceptors (Lipinski definition) is 4. The smallest absolute Gasteiger partial charge is 0.342 e. The molecule has 5 heteroatoms. The van der Waals surface area contributed by atoms with E-state index in [1.165, 1.54) is 0 Å². The van der Waals surface area contributed by atoms with Crippen LogP contribution in [0.25, 0.3) is 38.9 Å². The van der Waals surface area contributed by atoms with E-state index in [1.807, 2.05) is 90.2 Å². The molecule has 5 nitrogen and oxygen atoms in total. The number of anilines is 1. The van der Waals surface area contributed by atoms with E-state index in [4.69, 9.17) is 15.5 Å². The normalized spacial score (nSPS) is 11.2. The topological polar surface area (TPSA) is 69.6 Å². The molecule has 0 atom stereocenters. The molecule has 0 spiro atoms. The summed E-state index contributed by atoms with van der Waals surface area (Å²) in [4.78, 5) is 18.1. The van der Waals surface area contributed by atoms with E-state index < -0.39 is 5.97 Å². The number of fused-ring (bicyclic) bond motifs is 3. The molecule has 0 saturated carbocycles. The van der Waals surface area contributed by atoms with Crippen molar-refractivity contribution >= 4 is 28.2 Å². The number of esters is 1. The van der Waals surface area contributed by atoms with Crippen molar-refractivity contribution < 1.29 is 9.53 Å². The number of pyridine rings is 1. The first-order valence-corrected chi connectivity index (χ1v) is 10.6. The molecule has 0 aliphatic heterocycles. The van der Waals surface area contributed by atoms with Crippen molar-refractivity contribution in [3.05, 3.63) is 90.0 Å². The molecule has 0 amide bonds. The number of aromatic nitrogens is 2. The van der Waals surface area contributed by atoms with Crippen molar-refractivity contribution in [3.8, 4) is 22.5 Å². The molecule has 0 saturated heterocycles. The minimum atomic E-state index is -0.434. The summed E-state index contributed by atoms with van der Waals surface area (Å²) in [5.41, 5.74) is 12.4. The summed E-state index contributed by atoms with van der Waals surface area (Å²) in [5.74, 6) is -0.110. The second kappa shape index (κ2) is 7.85. The molecular weight excluding hydrogens is 398 g/mol. The second-order valence-corrected chi connectivity index (χ2v) is 7.73. The molecule has 0 unspecified atom stereocenters. The van der Waals surface area contributed by atoms with E-state index >= 15 is 0 Å². The highest BCUT2D eigenvalue weighted by molar-refractivity contribution is 6.13. The number of nitrogen functional groups attached to an aromatic ring is 1. The average Bonchev–Trinajstić information content (AvgIpc) is 3.21. The quantitative estimate of drug-likeness (QED) is 0.367. The van der Waals surface area contributed by atoms with Crippen molar-refractivity contribution in [3.63, 3.8) is 0 Å². The maximum Gasteiger partial charge on any atom is 0.342 e. The molecule has 2 heterocycles. The van der Waals surface area contributed by atoms with Gasteiger partial charge < -0.3 is 10.5 Å². The summed E-state index contributed by atoms with van der Waals surface area (Å²) in [6, 6.07) is 26.0. The molecule has 0 bridgehead atoms. The average molecular weight is 422 g/mol. The summed E-state index contributed by atoms with van der Waals surface area (Å²) in [6.07, 6.45) is 0. The van der Waals surface area contributed by atoms with Gasteiger partial charge in [-0.05, 0) is 13.8 Å². The highest BCUT2D eigenvalue weighted by Gasteiger charge is 2.25. The minimum Gasteiger partial charge on any atom is -0.462 e. The standard InChI is InChI=1S/C27H23N3O2/c1-3-32-27(31)22-21-16-17(2)14-15-20(21)26-29-23(18-10-6-4-7-11-18)24(30(26)25(22)28)19-12-8-5-9-13-19/h4-16H,3,28H2,1-2H3. The second-order valence-electron chi connectivity index (χ2n) is 7.73. The number of carbonyl (C=O) groups is 1. The molecule has 2 aromatic heterocycles. The van der Waals surface area contributed by atoms with Crippen LogP contribution in [-0.4, -0.2) is 22.0 Å². The highest BCUT2D eigenvalue weighted by Crippen LogP contribution is 2.39. The highest BCUT2D eigenvalue weighted by atomic mass is 16.5. The van der Waals surface area contributed by atoms with Gasteiger partial charge in [0.1, 0.15) is 17.0 Å². The van der Waals surface area contributed by atoms with E-state index in [-0.39, 0.29) is 6.61 Å². The third-order valence-corrected chi connectivity index (χ3v) is 5.63. The van der Waals surface area contributed by atoms with Gasteiger partial charge in [0.15, 0.2) is 0 Å². The summed E-state index contributed by atoms with van der Waals surface area (Å²) >= 11 is 0. The number of hydrogen-bond donors (Lipinski definition) is 1.